The summed E-state index contributed by atoms with van der Waals surface area (Å²) in [5.41, 5.74) is 7.72. The van der Waals surface area contributed by atoms with Gasteiger partial charge in [0.05, 0.1) is 19.0 Å². The molecule has 5 heteroatoms. The molecule has 0 radical (unpaired) electrons. The molecule has 1 aliphatic carbocycles. The van der Waals surface area contributed by atoms with E-state index in [2.05, 4.69) is 12.1 Å². The number of aromatic nitrogens is 3. The average molecular weight is 404 g/mol. The molecule has 0 aliphatic heterocycles. The second-order valence-corrected chi connectivity index (χ2v) is 7.92. The Bertz CT molecular complexity index is 1180. The van der Waals surface area contributed by atoms with Crippen LogP contribution < -0.4 is 4.74 Å². The molecule has 2 aromatic carbocycles. The quantitative estimate of drug-likeness (QED) is 0.394. The SMILES string of the molecule is COc1cccc(-c2nc3c(-c4ccc(Cl)cc4)cnn3c3c2CCCCC3)c1. The van der Waals surface area contributed by atoms with E-state index in [4.69, 9.17) is 26.4 Å². The topological polar surface area (TPSA) is 39.4 Å². The average Bonchev–Trinajstić information content (AvgIpc) is 3.02. The number of hydrogen-bond donors (Lipinski definition) is 0. The minimum absolute atomic E-state index is 0.726. The van der Waals surface area contributed by atoms with E-state index >= 15 is 0 Å². The molecule has 0 N–H and O–H groups in total. The first-order valence-electron chi connectivity index (χ1n) is 10.0. The van der Waals surface area contributed by atoms with E-state index in [1.54, 1.807) is 7.11 Å². The zero-order valence-electron chi connectivity index (χ0n) is 16.4. The number of methoxy groups -OCH3 is 1. The van der Waals surface area contributed by atoms with E-state index < -0.39 is 0 Å². The molecular weight excluding hydrogens is 382 g/mol. The van der Waals surface area contributed by atoms with E-state index in [0.29, 0.717) is 0 Å². The van der Waals surface area contributed by atoms with Gasteiger partial charge in [-0.05, 0) is 55.5 Å². The molecule has 0 atom stereocenters. The normalized spacial score (nSPS) is 13.9. The summed E-state index contributed by atoms with van der Waals surface area (Å²) in [6.45, 7) is 0. The van der Waals surface area contributed by atoms with Crippen LogP contribution in [-0.4, -0.2) is 21.7 Å². The Morgan fingerprint density at radius 1 is 0.966 bits per heavy atom. The summed E-state index contributed by atoms with van der Waals surface area (Å²) in [5, 5.41) is 5.46. The fraction of sp³-hybridized carbons (Fsp3) is 0.250. The first-order valence-corrected chi connectivity index (χ1v) is 10.4. The maximum absolute atomic E-state index is 6.09. The summed E-state index contributed by atoms with van der Waals surface area (Å²) >= 11 is 6.09. The summed E-state index contributed by atoms with van der Waals surface area (Å²) in [5.74, 6) is 0.845. The summed E-state index contributed by atoms with van der Waals surface area (Å²) in [6, 6.07) is 16.1. The van der Waals surface area contributed by atoms with Crippen molar-refractivity contribution in [3.63, 3.8) is 0 Å². The van der Waals surface area contributed by atoms with Gasteiger partial charge in [0.1, 0.15) is 5.75 Å². The third kappa shape index (κ3) is 3.28. The molecule has 2 heterocycles. The molecule has 1 aliphatic rings. The molecule has 4 aromatic rings. The Morgan fingerprint density at radius 3 is 2.62 bits per heavy atom. The lowest BCUT2D eigenvalue weighted by molar-refractivity contribution is 0.415. The van der Waals surface area contributed by atoms with E-state index in [9.17, 15) is 0 Å². The second kappa shape index (κ2) is 7.53. The zero-order valence-corrected chi connectivity index (χ0v) is 17.1. The minimum Gasteiger partial charge on any atom is -0.497 e. The summed E-state index contributed by atoms with van der Waals surface area (Å²) in [6.07, 6.45) is 7.57. The van der Waals surface area contributed by atoms with Gasteiger partial charge in [-0.15, -0.1) is 0 Å². The number of nitrogens with zero attached hydrogens (tertiary/aromatic N) is 3. The first kappa shape index (κ1) is 18.2. The van der Waals surface area contributed by atoms with Crippen molar-refractivity contribution in [2.24, 2.45) is 0 Å². The molecule has 0 bridgehead atoms. The van der Waals surface area contributed by atoms with E-state index in [-0.39, 0.29) is 0 Å². The van der Waals surface area contributed by atoms with Gasteiger partial charge >= 0.3 is 0 Å². The van der Waals surface area contributed by atoms with Crippen molar-refractivity contribution in [1.29, 1.82) is 0 Å². The summed E-state index contributed by atoms with van der Waals surface area (Å²) in [4.78, 5) is 5.15. The van der Waals surface area contributed by atoms with Crippen molar-refractivity contribution in [1.82, 2.24) is 14.6 Å². The molecule has 5 rings (SSSR count). The van der Waals surface area contributed by atoms with Crippen LogP contribution in [-0.2, 0) is 12.8 Å². The lowest BCUT2D eigenvalue weighted by Crippen LogP contribution is -2.07. The Kier molecular flexibility index (Phi) is 4.72. The largest absolute Gasteiger partial charge is 0.497 e. The lowest BCUT2D eigenvalue weighted by Gasteiger charge is -2.15. The second-order valence-electron chi connectivity index (χ2n) is 7.48. The molecule has 29 heavy (non-hydrogen) atoms. The number of ether oxygens (including phenoxy) is 1. The Labute approximate surface area is 175 Å². The van der Waals surface area contributed by atoms with Crippen LogP contribution in [0.2, 0.25) is 5.02 Å². The van der Waals surface area contributed by atoms with Crippen LogP contribution in [0.4, 0.5) is 0 Å². The molecule has 0 saturated carbocycles. The predicted octanol–water partition coefficient (Wildman–Crippen LogP) is 5.99. The molecule has 0 fully saturated rings. The lowest BCUT2D eigenvalue weighted by atomic mass is 10.00. The highest BCUT2D eigenvalue weighted by atomic mass is 35.5. The maximum Gasteiger partial charge on any atom is 0.163 e. The summed E-state index contributed by atoms with van der Waals surface area (Å²) < 4.78 is 7.51. The number of hydrogen-bond acceptors (Lipinski definition) is 3. The number of aryl methyl sites for hydroxylation is 1. The van der Waals surface area contributed by atoms with Crippen molar-refractivity contribution in [2.45, 2.75) is 32.1 Å². The van der Waals surface area contributed by atoms with Crippen molar-refractivity contribution < 1.29 is 4.74 Å². The third-order valence-electron chi connectivity index (χ3n) is 5.69. The Hall–Kier alpha value is -2.85. The standard InChI is InChI=1S/C24H22ClN3O/c1-29-19-7-5-6-17(14-19)23-20-8-3-2-4-9-22(20)28-24(27-23)21(15-26-28)16-10-12-18(25)13-11-16/h5-7,10-15H,2-4,8-9H2,1H3. The summed E-state index contributed by atoms with van der Waals surface area (Å²) in [7, 11) is 1.70. The van der Waals surface area contributed by atoms with Crippen molar-refractivity contribution in [3.05, 3.63) is 71.0 Å². The van der Waals surface area contributed by atoms with Gasteiger partial charge in [0.25, 0.3) is 0 Å². The van der Waals surface area contributed by atoms with Gasteiger partial charge in [-0.1, -0.05) is 42.3 Å². The Balaban J connectivity index is 1.78. The van der Waals surface area contributed by atoms with Crippen LogP contribution in [0.1, 0.15) is 30.5 Å². The van der Waals surface area contributed by atoms with E-state index in [1.807, 2.05) is 47.1 Å². The maximum atomic E-state index is 6.09. The van der Waals surface area contributed by atoms with Crippen LogP contribution in [0, 0.1) is 0 Å². The molecule has 0 spiro atoms. The first-order chi connectivity index (χ1) is 14.2. The third-order valence-corrected chi connectivity index (χ3v) is 5.94. The van der Waals surface area contributed by atoms with Gasteiger partial charge in [-0.2, -0.15) is 5.10 Å². The molecule has 0 saturated heterocycles. The van der Waals surface area contributed by atoms with Crippen molar-refractivity contribution >= 4 is 17.2 Å². The van der Waals surface area contributed by atoms with Gasteiger partial charge in [-0.3, -0.25) is 0 Å². The van der Waals surface area contributed by atoms with Crippen LogP contribution >= 0.6 is 11.6 Å². The number of rotatable bonds is 3. The molecule has 2 aromatic heterocycles. The molecule has 146 valence electrons. The van der Waals surface area contributed by atoms with Crippen LogP contribution in [0.3, 0.4) is 0 Å². The molecular formula is C24H22ClN3O. The van der Waals surface area contributed by atoms with E-state index in [0.717, 1.165) is 51.6 Å². The molecule has 0 amide bonds. The number of benzene rings is 2. The highest BCUT2D eigenvalue weighted by Crippen LogP contribution is 2.34. The highest BCUT2D eigenvalue weighted by molar-refractivity contribution is 6.30. The zero-order chi connectivity index (χ0) is 19.8. The van der Waals surface area contributed by atoms with Crippen molar-refractivity contribution in [3.8, 4) is 28.1 Å². The number of halogens is 1. The Morgan fingerprint density at radius 2 is 1.79 bits per heavy atom. The number of fused-ring (bicyclic) bond motifs is 3. The minimum atomic E-state index is 0.726. The van der Waals surface area contributed by atoms with Gasteiger partial charge in [0, 0.05) is 27.4 Å². The molecule has 4 nitrogen and oxygen atoms in total. The predicted molar refractivity (Wildman–Crippen MR) is 117 cm³/mol. The monoisotopic (exact) mass is 403 g/mol. The van der Waals surface area contributed by atoms with Gasteiger partial charge < -0.3 is 4.74 Å². The van der Waals surface area contributed by atoms with Crippen LogP contribution in [0.5, 0.6) is 5.75 Å². The van der Waals surface area contributed by atoms with Crippen molar-refractivity contribution in [2.75, 3.05) is 7.11 Å². The highest BCUT2D eigenvalue weighted by Gasteiger charge is 2.21. The van der Waals surface area contributed by atoms with Crippen LogP contribution in [0.15, 0.2) is 54.7 Å². The van der Waals surface area contributed by atoms with Gasteiger partial charge in [-0.25, -0.2) is 9.50 Å². The van der Waals surface area contributed by atoms with Gasteiger partial charge in [0.2, 0.25) is 0 Å². The van der Waals surface area contributed by atoms with E-state index in [1.165, 1.54) is 30.5 Å². The van der Waals surface area contributed by atoms with Gasteiger partial charge in [0.15, 0.2) is 5.65 Å². The fourth-order valence-electron chi connectivity index (χ4n) is 4.22. The smallest absolute Gasteiger partial charge is 0.163 e. The fourth-order valence-corrected chi connectivity index (χ4v) is 4.34. The molecule has 0 unspecified atom stereocenters. The van der Waals surface area contributed by atoms with Crippen LogP contribution in [0.25, 0.3) is 28.0 Å².